The second-order valence-corrected chi connectivity index (χ2v) is 8.46. The molecule has 0 aliphatic heterocycles. The van der Waals surface area contributed by atoms with Crippen LogP contribution >= 0.6 is 0 Å². The van der Waals surface area contributed by atoms with Gasteiger partial charge in [-0.2, -0.15) is 0 Å². The van der Waals surface area contributed by atoms with Gasteiger partial charge >= 0.3 is 6.09 Å². The van der Waals surface area contributed by atoms with Crippen LogP contribution in [0.1, 0.15) is 36.1 Å². The number of alkyl carbamates (subject to hydrolysis) is 1. The fraction of sp³-hybridized carbons (Fsp3) is 0.276. The van der Waals surface area contributed by atoms with E-state index < -0.39 is 12.1 Å². The lowest BCUT2D eigenvalue weighted by Gasteiger charge is -2.22. The van der Waals surface area contributed by atoms with E-state index in [1.807, 2.05) is 91.0 Å². The van der Waals surface area contributed by atoms with Gasteiger partial charge in [0.15, 0.2) is 0 Å². The number of pyridine rings is 1. The lowest BCUT2D eigenvalue weighted by atomic mass is 10.0. The number of amides is 2. The van der Waals surface area contributed by atoms with E-state index in [1.54, 1.807) is 6.20 Å². The topological polar surface area (TPSA) is 106 Å². The summed E-state index contributed by atoms with van der Waals surface area (Å²) in [6.07, 6.45) is 7.70. The number of carbonyl (C=O) groups is 2. The van der Waals surface area contributed by atoms with Gasteiger partial charge in [-0.25, -0.2) is 4.79 Å². The summed E-state index contributed by atoms with van der Waals surface area (Å²) < 4.78 is 5.37. The molecule has 2 unspecified atom stereocenters. The Morgan fingerprint density at radius 3 is 2.25 bits per heavy atom. The molecule has 2 amide bonds. The van der Waals surface area contributed by atoms with Gasteiger partial charge in [-0.05, 0) is 55.1 Å². The second kappa shape index (κ2) is 15.1. The van der Waals surface area contributed by atoms with Crippen molar-refractivity contribution in [1.82, 2.24) is 15.6 Å². The molecule has 7 nitrogen and oxygen atoms in total. The predicted octanol–water partition coefficient (Wildman–Crippen LogP) is 4.25. The van der Waals surface area contributed by atoms with Crippen molar-refractivity contribution in [3.05, 3.63) is 108 Å². The Bertz CT molecular complexity index is 1080. The Kier molecular flexibility index (Phi) is 11.2. The number of nitrogens with zero attached hydrogens (tertiary/aromatic N) is 1. The minimum Gasteiger partial charge on any atom is -0.445 e. The quantitative estimate of drug-likeness (QED) is 0.313. The molecule has 36 heavy (non-hydrogen) atoms. The van der Waals surface area contributed by atoms with Crippen molar-refractivity contribution < 1.29 is 14.3 Å². The molecule has 3 aromatic rings. The minimum atomic E-state index is -0.795. The Labute approximate surface area is 212 Å². The lowest BCUT2D eigenvalue weighted by Crippen LogP contribution is -2.50. The second-order valence-electron chi connectivity index (χ2n) is 8.46. The molecule has 4 N–H and O–H groups in total. The number of rotatable bonds is 13. The monoisotopic (exact) mass is 486 g/mol. The molecule has 0 radical (unpaired) electrons. The largest absolute Gasteiger partial charge is 0.445 e. The van der Waals surface area contributed by atoms with Crippen molar-refractivity contribution in [3.8, 4) is 0 Å². The van der Waals surface area contributed by atoms with Gasteiger partial charge in [-0.3, -0.25) is 9.78 Å². The number of nitrogens with two attached hydrogens (primary N) is 1. The summed E-state index contributed by atoms with van der Waals surface area (Å²) in [4.78, 5) is 30.2. The van der Waals surface area contributed by atoms with E-state index in [0.29, 0.717) is 13.0 Å². The number of nitrogens with one attached hydrogen (secondary N) is 2. The van der Waals surface area contributed by atoms with Gasteiger partial charge in [0, 0.05) is 18.7 Å². The first-order chi connectivity index (χ1) is 17.6. The van der Waals surface area contributed by atoms with Crippen LogP contribution in [0.25, 0.3) is 6.08 Å². The molecular formula is C29H34N4O3. The van der Waals surface area contributed by atoms with E-state index in [9.17, 15) is 9.59 Å². The van der Waals surface area contributed by atoms with Gasteiger partial charge in [-0.15, -0.1) is 0 Å². The van der Waals surface area contributed by atoms with Gasteiger partial charge < -0.3 is 21.1 Å². The van der Waals surface area contributed by atoms with E-state index in [-0.39, 0.29) is 18.6 Å². The highest BCUT2D eigenvalue weighted by atomic mass is 16.5. The van der Waals surface area contributed by atoms with Crippen molar-refractivity contribution in [2.75, 3.05) is 6.54 Å². The Hall–Kier alpha value is -3.97. The number of hydrogen-bond donors (Lipinski definition) is 3. The summed E-state index contributed by atoms with van der Waals surface area (Å²) in [7, 11) is 0. The zero-order chi connectivity index (χ0) is 25.4. The summed E-state index contributed by atoms with van der Waals surface area (Å²) in [5.74, 6) is -0.279. The number of aromatic nitrogens is 1. The van der Waals surface area contributed by atoms with Crippen LogP contribution in [0.3, 0.4) is 0 Å². The minimum absolute atomic E-state index is 0.126. The molecule has 1 aromatic heterocycles. The molecule has 2 aromatic carbocycles. The molecule has 0 aliphatic rings. The Morgan fingerprint density at radius 1 is 0.889 bits per heavy atom. The smallest absolute Gasteiger partial charge is 0.408 e. The summed E-state index contributed by atoms with van der Waals surface area (Å²) in [6.45, 7) is 0.719. The first-order valence-corrected chi connectivity index (χ1v) is 12.2. The third kappa shape index (κ3) is 9.72. The fourth-order valence-electron chi connectivity index (χ4n) is 3.66. The van der Waals surface area contributed by atoms with Crippen LogP contribution in [0.15, 0.2) is 91.1 Å². The van der Waals surface area contributed by atoms with Gasteiger partial charge in [0.1, 0.15) is 12.6 Å². The summed E-state index contributed by atoms with van der Waals surface area (Å²) in [5, 5.41) is 5.83. The van der Waals surface area contributed by atoms with Crippen molar-refractivity contribution in [2.45, 2.75) is 44.4 Å². The molecule has 2 atom stereocenters. The summed E-state index contributed by atoms with van der Waals surface area (Å²) in [5.41, 5.74) is 8.27. The van der Waals surface area contributed by atoms with Crippen molar-refractivity contribution in [3.63, 3.8) is 0 Å². The van der Waals surface area contributed by atoms with Gasteiger partial charge in [0.05, 0.1) is 5.69 Å². The molecule has 0 bridgehead atoms. The van der Waals surface area contributed by atoms with E-state index in [2.05, 4.69) is 15.6 Å². The zero-order valence-electron chi connectivity index (χ0n) is 20.4. The van der Waals surface area contributed by atoms with Crippen LogP contribution in [-0.4, -0.2) is 35.6 Å². The summed E-state index contributed by atoms with van der Waals surface area (Å²) >= 11 is 0. The van der Waals surface area contributed by atoms with E-state index in [4.69, 9.17) is 10.5 Å². The average molecular weight is 487 g/mol. The number of carbonyl (C=O) groups excluding carboxylic acids is 2. The molecule has 188 valence electrons. The molecule has 0 saturated heterocycles. The third-order valence-electron chi connectivity index (χ3n) is 5.59. The number of unbranched alkanes of at least 4 members (excludes halogenated alkanes) is 1. The Morgan fingerprint density at radius 2 is 1.58 bits per heavy atom. The third-order valence-corrected chi connectivity index (χ3v) is 5.59. The highest BCUT2D eigenvalue weighted by Crippen LogP contribution is 2.09. The Balaban J connectivity index is 1.68. The van der Waals surface area contributed by atoms with E-state index in [0.717, 1.165) is 36.1 Å². The van der Waals surface area contributed by atoms with Crippen LogP contribution in [0.2, 0.25) is 0 Å². The van der Waals surface area contributed by atoms with Crippen LogP contribution in [0.5, 0.6) is 0 Å². The van der Waals surface area contributed by atoms with Gasteiger partial charge in [0.25, 0.3) is 0 Å². The van der Waals surface area contributed by atoms with Crippen LogP contribution in [0.4, 0.5) is 4.79 Å². The highest BCUT2D eigenvalue weighted by molar-refractivity contribution is 5.86. The number of hydrogen-bond acceptors (Lipinski definition) is 5. The van der Waals surface area contributed by atoms with Crippen molar-refractivity contribution >= 4 is 18.1 Å². The molecule has 0 saturated carbocycles. The average Bonchev–Trinajstić information content (AvgIpc) is 2.92. The van der Waals surface area contributed by atoms with E-state index >= 15 is 0 Å². The van der Waals surface area contributed by atoms with Crippen LogP contribution in [0, 0.1) is 0 Å². The molecule has 0 fully saturated rings. The first-order valence-electron chi connectivity index (χ1n) is 12.2. The summed E-state index contributed by atoms with van der Waals surface area (Å²) in [6, 6.07) is 23.6. The standard InChI is InChI=1S/C29H34N4O3/c30-19-9-7-16-26(18-17-25-15-8-10-20-31-25)32-28(34)27(21-23-11-3-1-4-12-23)33-29(35)36-22-24-13-5-2-6-14-24/h1-6,8,10-15,17-18,20,26-27H,7,9,16,19,21-22,30H2,(H,32,34)(H,33,35)/b18-17+. The highest BCUT2D eigenvalue weighted by Gasteiger charge is 2.24. The maximum Gasteiger partial charge on any atom is 0.408 e. The molecule has 0 aliphatic carbocycles. The van der Waals surface area contributed by atoms with Crippen molar-refractivity contribution in [1.29, 1.82) is 0 Å². The fourth-order valence-corrected chi connectivity index (χ4v) is 3.66. The SMILES string of the molecule is NCCCCC(/C=C/c1ccccn1)NC(=O)C(Cc1ccccc1)NC(=O)OCc1ccccc1. The molecular weight excluding hydrogens is 452 g/mol. The normalized spacial score (nSPS) is 12.6. The number of ether oxygens (including phenoxy) is 1. The van der Waals surface area contributed by atoms with Crippen LogP contribution < -0.4 is 16.4 Å². The first kappa shape index (κ1) is 26.6. The maximum absolute atomic E-state index is 13.4. The lowest BCUT2D eigenvalue weighted by molar-refractivity contribution is -0.123. The van der Waals surface area contributed by atoms with E-state index in [1.165, 1.54) is 0 Å². The molecule has 3 rings (SSSR count). The number of benzene rings is 2. The molecule has 1 heterocycles. The predicted molar refractivity (Wildman–Crippen MR) is 142 cm³/mol. The van der Waals surface area contributed by atoms with Gasteiger partial charge in [-0.1, -0.05) is 72.8 Å². The zero-order valence-corrected chi connectivity index (χ0v) is 20.4. The van der Waals surface area contributed by atoms with Crippen molar-refractivity contribution in [2.24, 2.45) is 5.73 Å². The maximum atomic E-state index is 13.4. The molecule has 0 spiro atoms. The van der Waals surface area contributed by atoms with Crippen LogP contribution in [-0.2, 0) is 22.6 Å². The van der Waals surface area contributed by atoms with Gasteiger partial charge in [0.2, 0.25) is 5.91 Å². The molecule has 7 heteroatoms.